The predicted molar refractivity (Wildman–Crippen MR) is 94.3 cm³/mol. The van der Waals surface area contributed by atoms with Gasteiger partial charge in [0.15, 0.2) is 5.54 Å². The third kappa shape index (κ3) is 3.27. The molecular weight excluding hydrogens is 352 g/mol. The van der Waals surface area contributed by atoms with E-state index in [9.17, 15) is 24.3 Å². The molecule has 1 aliphatic carbocycles. The number of hydrogen-bond donors (Lipinski definition) is 2. The van der Waals surface area contributed by atoms with Gasteiger partial charge in [0.05, 0.1) is 11.1 Å². The molecule has 1 aromatic rings. The van der Waals surface area contributed by atoms with Crippen LogP contribution < -0.4 is 5.32 Å². The predicted octanol–water partition coefficient (Wildman–Crippen LogP) is 2.18. The fourth-order valence-electron chi connectivity index (χ4n) is 3.69. The van der Waals surface area contributed by atoms with E-state index in [1.807, 2.05) is 0 Å². The largest absolute Gasteiger partial charge is 0.479 e. The number of imide groups is 1. The number of fused-ring (bicyclic) bond motifs is 1. The molecule has 0 aromatic heterocycles. The first-order valence-electron chi connectivity index (χ1n) is 8.76. The Balaban J connectivity index is 1.83. The lowest BCUT2D eigenvalue weighted by atomic mass is 9.94. The van der Waals surface area contributed by atoms with Crippen molar-refractivity contribution in [2.45, 2.75) is 57.2 Å². The molecule has 27 heavy (non-hydrogen) atoms. The van der Waals surface area contributed by atoms with Gasteiger partial charge in [0.1, 0.15) is 5.60 Å². The summed E-state index contributed by atoms with van der Waals surface area (Å²) in [5.41, 5.74) is -1.97. The zero-order valence-electron chi connectivity index (χ0n) is 15.4. The normalized spacial score (nSPS) is 24.7. The van der Waals surface area contributed by atoms with Crippen molar-refractivity contribution in [3.8, 4) is 0 Å². The standard InChI is InChI=1S/C19H22N2O6/c1-18(2,3)27-17(26)20-11-8-9-19(10-11,16(24)25)21-14(22)12-6-4-5-7-13(12)15(21)23/h4-7,11H,8-10H2,1-3H3,(H,20,26)(H,24,25)/t11-,19+/m1/s1. The van der Waals surface area contributed by atoms with Gasteiger partial charge in [-0.1, -0.05) is 12.1 Å². The van der Waals surface area contributed by atoms with Crippen molar-refractivity contribution in [2.75, 3.05) is 0 Å². The lowest BCUT2D eigenvalue weighted by Crippen LogP contribution is -2.56. The van der Waals surface area contributed by atoms with E-state index >= 15 is 0 Å². The summed E-state index contributed by atoms with van der Waals surface area (Å²) in [6.45, 7) is 5.17. The van der Waals surface area contributed by atoms with Crippen LogP contribution in [0.4, 0.5) is 4.79 Å². The van der Waals surface area contributed by atoms with Gasteiger partial charge >= 0.3 is 12.1 Å². The summed E-state index contributed by atoms with van der Waals surface area (Å²) in [5.74, 6) is -2.49. The van der Waals surface area contributed by atoms with E-state index in [-0.39, 0.29) is 24.0 Å². The molecule has 0 bridgehead atoms. The molecular formula is C19H22N2O6. The Kier molecular flexibility index (Phi) is 4.45. The van der Waals surface area contributed by atoms with Crippen LogP contribution in [0.5, 0.6) is 0 Å². The number of aliphatic carboxylic acids is 1. The molecule has 0 unspecified atom stereocenters. The Bertz CT molecular complexity index is 793. The van der Waals surface area contributed by atoms with Crippen molar-refractivity contribution < 1.29 is 29.0 Å². The van der Waals surface area contributed by atoms with Crippen LogP contribution in [0.3, 0.4) is 0 Å². The Morgan fingerprint density at radius 3 is 2.22 bits per heavy atom. The Labute approximate surface area is 156 Å². The van der Waals surface area contributed by atoms with Gasteiger partial charge in [-0.15, -0.1) is 0 Å². The molecule has 1 saturated carbocycles. The van der Waals surface area contributed by atoms with E-state index in [0.29, 0.717) is 6.42 Å². The summed E-state index contributed by atoms with van der Waals surface area (Å²) < 4.78 is 5.20. The molecule has 0 spiro atoms. The highest BCUT2D eigenvalue weighted by Gasteiger charge is 2.57. The van der Waals surface area contributed by atoms with E-state index < -0.39 is 41.1 Å². The summed E-state index contributed by atoms with van der Waals surface area (Å²) in [4.78, 5) is 50.5. The highest BCUT2D eigenvalue weighted by atomic mass is 16.6. The molecule has 1 aromatic carbocycles. The zero-order chi connectivity index (χ0) is 20.0. The second-order valence-electron chi connectivity index (χ2n) is 7.91. The van der Waals surface area contributed by atoms with Crippen LogP contribution in [0.15, 0.2) is 24.3 Å². The molecule has 1 aliphatic heterocycles. The minimum absolute atomic E-state index is 0.0625. The summed E-state index contributed by atoms with van der Waals surface area (Å²) in [7, 11) is 0. The fraction of sp³-hybridized carbons (Fsp3) is 0.474. The first-order chi connectivity index (χ1) is 12.5. The first kappa shape index (κ1) is 18.9. The van der Waals surface area contributed by atoms with Crippen molar-refractivity contribution >= 4 is 23.9 Å². The molecule has 3 rings (SSSR count). The second-order valence-corrected chi connectivity index (χ2v) is 7.91. The van der Waals surface area contributed by atoms with E-state index in [0.717, 1.165) is 4.90 Å². The van der Waals surface area contributed by atoms with Gasteiger partial charge in [0, 0.05) is 12.5 Å². The number of carboxylic acids is 1. The van der Waals surface area contributed by atoms with Crippen LogP contribution in [0.25, 0.3) is 0 Å². The molecule has 0 saturated heterocycles. The van der Waals surface area contributed by atoms with Crippen LogP contribution in [0, 0.1) is 0 Å². The van der Waals surface area contributed by atoms with Crippen molar-refractivity contribution in [3.63, 3.8) is 0 Å². The van der Waals surface area contributed by atoms with E-state index in [1.165, 1.54) is 12.1 Å². The minimum atomic E-state index is -1.69. The number of alkyl carbamates (subject to hydrolysis) is 1. The SMILES string of the molecule is CC(C)(C)OC(=O)N[C@@H]1CC[C@](C(=O)O)(N2C(=O)c3ccccc3C2=O)C1. The van der Waals surface area contributed by atoms with Crippen LogP contribution >= 0.6 is 0 Å². The van der Waals surface area contributed by atoms with Crippen LogP contribution in [0.2, 0.25) is 0 Å². The number of rotatable bonds is 3. The van der Waals surface area contributed by atoms with Crippen molar-refractivity contribution in [1.29, 1.82) is 0 Å². The third-order valence-corrected chi connectivity index (χ3v) is 4.83. The highest BCUT2D eigenvalue weighted by Crippen LogP contribution is 2.40. The van der Waals surface area contributed by atoms with Crippen molar-refractivity contribution in [2.24, 2.45) is 0 Å². The molecule has 8 nitrogen and oxygen atoms in total. The number of amides is 3. The number of hydrogen-bond acceptors (Lipinski definition) is 5. The molecule has 3 amide bonds. The lowest BCUT2D eigenvalue weighted by Gasteiger charge is -2.33. The number of ether oxygens (including phenoxy) is 1. The number of nitrogens with zero attached hydrogens (tertiary/aromatic N) is 1. The van der Waals surface area contributed by atoms with E-state index in [2.05, 4.69) is 5.32 Å². The molecule has 1 heterocycles. The molecule has 144 valence electrons. The molecule has 2 N–H and O–H groups in total. The van der Waals surface area contributed by atoms with Gasteiger partial charge in [-0.25, -0.2) is 9.59 Å². The van der Waals surface area contributed by atoms with Crippen molar-refractivity contribution in [1.82, 2.24) is 10.2 Å². The minimum Gasteiger partial charge on any atom is -0.479 e. The average Bonchev–Trinajstić information content (AvgIpc) is 3.07. The van der Waals surface area contributed by atoms with Gasteiger partial charge in [0.25, 0.3) is 11.8 Å². The maximum Gasteiger partial charge on any atom is 0.407 e. The molecule has 2 aliphatic rings. The summed E-state index contributed by atoms with van der Waals surface area (Å²) in [6.07, 6.45) is -0.337. The van der Waals surface area contributed by atoms with Gasteiger partial charge in [-0.2, -0.15) is 0 Å². The number of carboxylic acid groups (broad SMARTS) is 1. The first-order valence-corrected chi connectivity index (χ1v) is 8.76. The molecule has 8 heteroatoms. The average molecular weight is 374 g/mol. The maximum atomic E-state index is 12.8. The van der Waals surface area contributed by atoms with E-state index in [4.69, 9.17) is 4.74 Å². The number of carbonyl (C=O) groups excluding carboxylic acids is 3. The monoisotopic (exact) mass is 374 g/mol. The third-order valence-electron chi connectivity index (χ3n) is 4.83. The maximum absolute atomic E-state index is 12.8. The van der Waals surface area contributed by atoms with Gasteiger partial charge in [-0.3, -0.25) is 14.5 Å². The molecule has 0 radical (unpaired) electrons. The lowest BCUT2D eigenvalue weighted by molar-refractivity contribution is -0.148. The summed E-state index contributed by atoms with van der Waals surface area (Å²) in [5, 5.41) is 12.5. The second kappa shape index (κ2) is 6.37. The van der Waals surface area contributed by atoms with Crippen LogP contribution in [-0.2, 0) is 9.53 Å². The smallest absolute Gasteiger partial charge is 0.407 e. The van der Waals surface area contributed by atoms with Gasteiger partial charge in [0.2, 0.25) is 0 Å². The molecule has 1 fully saturated rings. The Hall–Kier alpha value is -2.90. The summed E-state index contributed by atoms with van der Waals surface area (Å²) >= 11 is 0. The zero-order valence-corrected chi connectivity index (χ0v) is 15.4. The topological polar surface area (TPSA) is 113 Å². The number of benzene rings is 1. The Morgan fingerprint density at radius 2 is 1.74 bits per heavy atom. The summed E-state index contributed by atoms with van der Waals surface area (Å²) in [6, 6.07) is 5.76. The van der Waals surface area contributed by atoms with Crippen LogP contribution in [-0.4, -0.2) is 51.1 Å². The van der Waals surface area contributed by atoms with Crippen molar-refractivity contribution in [3.05, 3.63) is 35.4 Å². The fourth-order valence-corrected chi connectivity index (χ4v) is 3.69. The highest BCUT2D eigenvalue weighted by molar-refractivity contribution is 6.23. The quantitative estimate of drug-likeness (QED) is 0.784. The van der Waals surface area contributed by atoms with Gasteiger partial charge in [-0.05, 0) is 45.7 Å². The van der Waals surface area contributed by atoms with Crippen LogP contribution in [0.1, 0.15) is 60.7 Å². The number of nitrogens with one attached hydrogen (secondary N) is 1. The van der Waals surface area contributed by atoms with E-state index in [1.54, 1.807) is 32.9 Å². The number of carbonyl (C=O) groups is 4. The van der Waals surface area contributed by atoms with Gasteiger partial charge < -0.3 is 15.2 Å². The molecule has 2 atom stereocenters. The Morgan fingerprint density at radius 1 is 1.19 bits per heavy atom.